The topological polar surface area (TPSA) is 37.8 Å². The molecule has 0 bridgehead atoms. The van der Waals surface area contributed by atoms with Crippen LogP contribution in [0.15, 0.2) is 30.9 Å². The SMILES string of the molecule is Cc1ccncc1CCNCc1c(Cl)cncc1Cl. The zero-order valence-corrected chi connectivity index (χ0v) is 12.2. The zero-order chi connectivity index (χ0) is 13.7. The summed E-state index contributed by atoms with van der Waals surface area (Å²) in [6.45, 7) is 3.58. The molecule has 2 heterocycles. The molecule has 0 unspecified atom stereocenters. The van der Waals surface area contributed by atoms with Crippen molar-refractivity contribution >= 4 is 23.2 Å². The summed E-state index contributed by atoms with van der Waals surface area (Å²) in [6, 6.07) is 2.02. The molecule has 0 atom stereocenters. The van der Waals surface area contributed by atoms with E-state index >= 15 is 0 Å². The smallest absolute Gasteiger partial charge is 0.0649 e. The molecule has 3 nitrogen and oxygen atoms in total. The van der Waals surface area contributed by atoms with Crippen LogP contribution in [0.1, 0.15) is 16.7 Å². The maximum Gasteiger partial charge on any atom is 0.0649 e. The Bertz CT molecular complexity index is 538. The lowest BCUT2D eigenvalue weighted by Crippen LogP contribution is -2.17. The summed E-state index contributed by atoms with van der Waals surface area (Å²) < 4.78 is 0. The lowest BCUT2D eigenvalue weighted by atomic mass is 10.1. The predicted octanol–water partition coefficient (Wildman–Crippen LogP) is 3.42. The van der Waals surface area contributed by atoms with Gasteiger partial charge in [0.15, 0.2) is 0 Å². The summed E-state index contributed by atoms with van der Waals surface area (Å²) >= 11 is 12.1. The van der Waals surface area contributed by atoms with Gasteiger partial charge in [-0.3, -0.25) is 9.97 Å². The molecule has 2 aromatic heterocycles. The third kappa shape index (κ3) is 3.90. The van der Waals surface area contributed by atoms with E-state index in [9.17, 15) is 0 Å². The maximum atomic E-state index is 6.05. The number of aryl methyl sites for hydroxylation is 1. The molecule has 100 valence electrons. The van der Waals surface area contributed by atoms with Gasteiger partial charge in [-0.25, -0.2) is 0 Å². The van der Waals surface area contributed by atoms with Gasteiger partial charge >= 0.3 is 0 Å². The number of pyridine rings is 2. The monoisotopic (exact) mass is 295 g/mol. The Balaban J connectivity index is 1.86. The average Bonchev–Trinajstić information content (AvgIpc) is 2.39. The largest absolute Gasteiger partial charge is 0.312 e. The van der Waals surface area contributed by atoms with Crippen LogP contribution in [-0.4, -0.2) is 16.5 Å². The first-order chi connectivity index (χ1) is 9.18. The second-order valence-corrected chi connectivity index (χ2v) is 5.13. The molecule has 2 aromatic rings. The summed E-state index contributed by atoms with van der Waals surface area (Å²) in [4.78, 5) is 8.06. The van der Waals surface area contributed by atoms with Crippen molar-refractivity contribution in [2.75, 3.05) is 6.54 Å². The van der Waals surface area contributed by atoms with E-state index in [0.717, 1.165) is 18.5 Å². The van der Waals surface area contributed by atoms with Gasteiger partial charge in [0.25, 0.3) is 0 Å². The lowest BCUT2D eigenvalue weighted by molar-refractivity contribution is 0.684. The van der Waals surface area contributed by atoms with Crippen molar-refractivity contribution < 1.29 is 0 Å². The van der Waals surface area contributed by atoms with E-state index in [1.165, 1.54) is 11.1 Å². The molecular weight excluding hydrogens is 281 g/mol. The van der Waals surface area contributed by atoms with Crippen LogP contribution in [0, 0.1) is 6.92 Å². The summed E-state index contributed by atoms with van der Waals surface area (Å²) in [5, 5.41) is 4.52. The molecule has 19 heavy (non-hydrogen) atoms. The molecule has 0 fully saturated rings. The summed E-state index contributed by atoms with van der Waals surface area (Å²) in [5.74, 6) is 0. The fourth-order valence-electron chi connectivity index (χ4n) is 1.80. The van der Waals surface area contributed by atoms with Gasteiger partial charge in [-0.15, -0.1) is 0 Å². The molecule has 0 aliphatic heterocycles. The minimum atomic E-state index is 0.595. The van der Waals surface area contributed by atoms with E-state index in [1.807, 2.05) is 18.5 Å². The second kappa shape index (κ2) is 6.85. The van der Waals surface area contributed by atoms with Crippen LogP contribution in [0.2, 0.25) is 10.0 Å². The fraction of sp³-hybridized carbons (Fsp3) is 0.286. The molecule has 0 aromatic carbocycles. The van der Waals surface area contributed by atoms with E-state index in [1.54, 1.807) is 12.4 Å². The molecule has 0 radical (unpaired) electrons. The molecule has 5 heteroatoms. The standard InChI is InChI=1S/C14H15Cl2N3/c1-10-2-4-17-6-11(10)3-5-18-7-12-13(15)8-19-9-14(12)16/h2,4,6,8-9,18H,3,5,7H2,1H3. The van der Waals surface area contributed by atoms with Gasteiger partial charge in [-0.1, -0.05) is 23.2 Å². The Morgan fingerprint density at radius 1 is 1.11 bits per heavy atom. The summed E-state index contributed by atoms with van der Waals surface area (Å²) in [5.41, 5.74) is 3.40. The van der Waals surface area contributed by atoms with Crippen molar-refractivity contribution in [2.45, 2.75) is 19.9 Å². The average molecular weight is 296 g/mol. The van der Waals surface area contributed by atoms with Gasteiger partial charge in [0.1, 0.15) is 0 Å². The Kier molecular flexibility index (Phi) is 5.14. The number of nitrogens with zero attached hydrogens (tertiary/aromatic N) is 2. The number of rotatable bonds is 5. The molecule has 0 aliphatic rings. The van der Waals surface area contributed by atoms with Crippen molar-refractivity contribution in [1.82, 2.24) is 15.3 Å². The van der Waals surface area contributed by atoms with E-state index in [0.29, 0.717) is 16.6 Å². The minimum absolute atomic E-state index is 0.595. The molecule has 2 rings (SSSR count). The van der Waals surface area contributed by atoms with Crippen LogP contribution in [-0.2, 0) is 13.0 Å². The predicted molar refractivity (Wildman–Crippen MR) is 78.6 cm³/mol. The van der Waals surface area contributed by atoms with Gasteiger partial charge in [0, 0.05) is 36.9 Å². The first-order valence-corrected chi connectivity index (χ1v) is 6.82. The zero-order valence-electron chi connectivity index (χ0n) is 10.7. The Morgan fingerprint density at radius 3 is 2.53 bits per heavy atom. The van der Waals surface area contributed by atoms with E-state index in [4.69, 9.17) is 23.2 Å². The molecule has 0 saturated heterocycles. The van der Waals surface area contributed by atoms with Gasteiger partial charge in [-0.05, 0) is 37.1 Å². The van der Waals surface area contributed by atoms with E-state index < -0.39 is 0 Å². The molecule has 1 N–H and O–H groups in total. The van der Waals surface area contributed by atoms with Gasteiger partial charge < -0.3 is 5.32 Å². The number of halogens is 2. The lowest BCUT2D eigenvalue weighted by Gasteiger charge is -2.09. The van der Waals surface area contributed by atoms with Crippen molar-refractivity contribution in [2.24, 2.45) is 0 Å². The number of hydrogen-bond donors (Lipinski definition) is 1. The van der Waals surface area contributed by atoms with Crippen molar-refractivity contribution in [3.63, 3.8) is 0 Å². The highest BCUT2D eigenvalue weighted by Gasteiger charge is 2.05. The van der Waals surface area contributed by atoms with E-state index in [-0.39, 0.29) is 0 Å². The summed E-state index contributed by atoms with van der Waals surface area (Å²) in [7, 11) is 0. The van der Waals surface area contributed by atoms with Crippen LogP contribution in [0.25, 0.3) is 0 Å². The minimum Gasteiger partial charge on any atom is -0.312 e. The molecule has 0 spiro atoms. The summed E-state index contributed by atoms with van der Waals surface area (Å²) in [6.07, 6.45) is 7.86. The van der Waals surface area contributed by atoms with E-state index in [2.05, 4.69) is 22.2 Å². The van der Waals surface area contributed by atoms with Crippen LogP contribution in [0.4, 0.5) is 0 Å². The van der Waals surface area contributed by atoms with Gasteiger partial charge in [0.2, 0.25) is 0 Å². The van der Waals surface area contributed by atoms with Crippen LogP contribution in [0.3, 0.4) is 0 Å². The van der Waals surface area contributed by atoms with Crippen LogP contribution >= 0.6 is 23.2 Å². The Labute approximate surface area is 123 Å². The first-order valence-electron chi connectivity index (χ1n) is 6.06. The van der Waals surface area contributed by atoms with Crippen LogP contribution in [0.5, 0.6) is 0 Å². The van der Waals surface area contributed by atoms with Crippen molar-refractivity contribution in [1.29, 1.82) is 0 Å². The molecule has 0 amide bonds. The van der Waals surface area contributed by atoms with Crippen molar-refractivity contribution in [3.8, 4) is 0 Å². The fourth-order valence-corrected chi connectivity index (χ4v) is 2.30. The molecule has 0 aliphatic carbocycles. The van der Waals surface area contributed by atoms with Crippen LogP contribution < -0.4 is 5.32 Å². The second-order valence-electron chi connectivity index (χ2n) is 4.31. The molecular formula is C14H15Cl2N3. The number of hydrogen-bond acceptors (Lipinski definition) is 3. The highest BCUT2D eigenvalue weighted by molar-refractivity contribution is 6.35. The highest BCUT2D eigenvalue weighted by Crippen LogP contribution is 2.22. The quantitative estimate of drug-likeness (QED) is 0.859. The Morgan fingerprint density at radius 2 is 1.84 bits per heavy atom. The maximum absolute atomic E-state index is 6.05. The third-order valence-corrected chi connectivity index (χ3v) is 3.62. The Hall–Kier alpha value is -1.16. The number of aromatic nitrogens is 2. The number of nitrogens with one attached hydrogen (secondary N) is 1. The molecule has 0 saturated carbocycles. The van der Waals surface area contributed by atoms with Crippen molar-refractivity contribution in [3.05, 3.63) is 57.6 Å². The van der Waals surface area contributed by atoms with Gasteiger partial charge in [0.05, 0.1) is 10.0 Å². The highest BCUT2D eigenvalue weighted by atomic mass is 35.5. The normalized spacial score (nSPS) is 10.7. The van der Waals surface area contributed by atoms with Gasteiger partial charge in [-0.2, -0.15) is 0 Å². The first kappa shape index (κ1) is 14.3. The third-order valence-electron chi connectivity index (χ3n) is 2.97.